The van der Waals surface area contributed by atoms with Crippen LogP contribution in [0, 0.1) is 5.82 Å². The second-order valence-electron chi connectivity index (χ2n) is 5.39. The van der Waals surface area contributed by atoms with Crippen LogP contribution in [0.2, 0.25) is 0 Å². The van der Waals surface area contributed by atoms with Crippen LogP contribution in [-0.2, 0) is 9.53 Å². The normalized spacial score (nSPS) is 14.7. The summed E-state index contributed by atoms with van der Waals surface area (Å²) in [4.78, 5) is 23.7. The van der Waals surface area contributed by atoms with E-state index in [1.165, 1.54) is 12.1 Å². The van der Waals surface area contributed by atoms with Crippen molar-refractivity contribution < 1.29 is 18.7 Å². The van der Waals surface area contributed by atoms with E-state index in [4.69, 9.17) is 4.74 Å². The van der Waals surface area contributed by atoms with Gasteiger partial charge in [0.2, 0.25) is 0 Å². The maximum absolute atomic E-state index is 13.4. The van der Waals surface area contributed by atoms with Crippen molar-refractivity contribution in [1.29, 1.82) is 0 Å². The van der Waals surface area contributed by atoms with E-state index in [0.717, 1.165) is 18.5 Å². The van der Waals surface area contributed by atoms with Gasteiger partial charge in [-0.3, -0.25) is 10.2 Å². The first kappa shape index (κ1) is 15.3. The average Bonchev–Trinajstić information content (AvgIpc) is 2.85. The predicted molar refractivity (Wildman–Crippen MR) is 84.2 cm³/mol. The van der Waals surface area contributed by atoms with E-state index < -0.39 is 5.97 Å². The number of nitrogens with one attached hydrogen (secondary N) is 1. The highest BCUT2D eigenvalue weighted by Crippen LogP contribution is 2.23. The molecule has 0 saturated heterocycles. The number of benzene rings is 1. The fourth-order valence-corrected chi connectivity index (χ4v) is 2.69. The summed E-state index contributed by atoms with van der Waals surface area (Å²) in [5.74, 6) is -0.824. The number of fused-ring (bicyclic) bond motifs is 1. The zero-order chi connectivity index (χ0) is 16.4. The predicted octanol–water partition coefficient (Wildman–Crippen LogP) is 3.14. The van der Waals surface area contributed by atoms with Crippen molar-refractivity contribution in [1.82, 2.24) is 4.68 Å². The van der Waals surface area contributed by atoms with Gasteiger partial charge in [0, 0.05) is 23.6 Å². The molecule has 0 radical (unpaired) electrons. The molecular formula is C17H17FN2O3. The Hall–Kier alpha value is -2.63. The molecule has 6 heteroatoms. The summed E-state index contributed by atoms with van der Waals surface area (Å²) in [6.07, 6.45) is 3.57. The number of ether oxygens (including phenoxy) is 1. The number of carbonyl (C=O) groups excluding carboxylic acids is 2. The molecule has 0 atom stereocenters. The van der Waals surface area contributed by atoms with Gasteiger partial charge >= 0.3 is 5.97 Å². The summed E-state index contributed by atoms with van der Waals surface area (Å²) in [5.41, 5.74) is 4.74. The molecule has 1 aliphatic carbocycles. The van der Waals surface area contributed by atoms with Gasteiger partial charge in [-0.15, -0.1) is 0 Å². The SMILES string of the molecule is CCOC(=O)c1cc2cc(F)ccc2n1NC1=CC(=O)CCC1. The number of allylic oxidation sites excluding steroid dienone is 2. The standard InChI is InChI=1S/C17H17FN2O3/c1-2-23-17(22)16-9-11-8-12(18)6-7-15(11)20(16)19-13-4-3-5-14(21)10-13/h6-10,19H,2-5H2,1H3. The summed E-state index contributed by atoms with van der Waals surface area (Å²) >= 11 is 0. The van der Waals surface area contributed by atoms with Gasteiger partial charge in [-0.25, -0.2) is 13.9 Å². The van der Waals surface area contributed by atoms with Crippen LogP contribution in [0.5, 0.6) is 0 Å². The highest BCUT2D eigenvalue weighted by atomic mass is 19.1. The summed E-state index contributed by atoms with van der Waals surface area (Å²) in [7, 11) is 0. The smallest absolute Gasteiger partial charge is 0.356 e. The van der Waals surface area contributed by atoms with Crippen molar-refractivity contribution in [3.8, 4) is 0 Å². The van der Waals surface area contributed by atoms with Crippen LogP contribution in [0.15, 0.2) is 36.0 Å². The lowest BCUT2D eigenvalue weighted by molar-refractivity contribution is -0.115. The zero-order valence-electron chi connectivity index (χ0n) is 12.8. The first-order valence-electron chi connectivity index (χ1n) is 7.57. The van der Waals surface area contributed by atoms with Gasteiger partial charge in [-0.2, -0.15) is 0 Å². The molecule has 0 bridgehead atoms. The van der Waals surface area contributed by atoms with E-state index in [9.17, 15) is 14.0 Å². The molecule has 0 amide bonds. The van der Waals surface area contributed by atoms with Gasteiger partial charge in [0.25, 0.3) is 0 Å². The van der Waals surface area contributed by atoms with Gasteiger partial charge < -0.3 is 4.74 Å². The van der Waals surface area contributed by atoms with Crippen molar-refractivity contribution in [2.45, 2.75) is 26.2 Å². The minimum Gasteiger partial charge on any atom is -0.461 e. The van der Waals surface area contributed by atoms with E-state index >= 15 is 0 Å². The Kier molecular flexibility index (Phi) is 4.14. The van der Waals surface area contributed by atoms with Gasteiger partial charge in [0.05, 0.1) is 12.1 Å². The Bertz CT molecular complexity index is 808. The summed E-state index contributed by atoms with van der Waals surface area (Å²) < 4.78 is 20.0. The molecule has 1 aromatic carbocycles. The lowest BCUT2D eigenvalue weighted by Crippen LogP contribution is -2.22. The van der Waals surface area contributed by atoms with E-state index in [0.29, 0.717) is 17.3 Å². The van der Waals surface area contributed by atoms with Gasteiger partial charge in [0.15, 0.2) is 5.78 Å². The molecule has 1 heterocycles. The molecule has 0 unspecified atom stereocenters. The Morgan fingerprint density at radius 3 is 2.91 bits per heavy atom. The number of aromatic nitrogens is 1. The molecular weight excluding hydrogens is 299 g/mol. The molecule has 5 nitrogen and oxygen atoms in total. The van der Waals surface area contributed by atoms with Crippen molar-refractivity contribution in [2.75, 3.05) is 12.0 Å². The third-order valence-corrected chi connectivity index (χ3v) is 3.71. The topological polar surface area (TPSA) is 60.3 Å². The number of ketones is 1. The van der Waals surface area contributed by atoms with Crippen molar-refractivity contribution in [2.24, 2.45) is 0 Å². The molecule has 3 rings (SSSR count). The number of nitrogens with zero attached hydrogens (tertiary/aromatic N) is 1. The average molecular weight is 316 g/mol. The van der Waals surface area contributed by atoms with Crippen LogP contribution in [-0.4, -0.2) is 23.0 Å². The van der Waals surface area contributed by atoms with Crippen LogP contribution in [0.25, 0.3) is 10.9 Å². The van der Waals surface area contributed by atoms with Gasteiger partial charge in [-0.05, 0) is 44.0 Å². The van der Waals surface area contributed by atoms with Crippen molar-refractivity contribution in [3.63, 3.8) is 0 Å². The van der Waals surface area contributed by atoms with Crippen LogP contribution in [0.3, 0.4) is 0 Å². The monoisotopic (exact) mass is 316 g/mol. The quantitative estimate of drug-likeness (QED) is 0.880. The molecule has 1 aromatic heterocycles. The molecule has 0 saturated carbocycles. The molecule has 120 valence electrons. The van der Waals surface area contributed by atoms with E-state index in [2.05, 4.69) is 5.43 Å². The lowest BCUT2D eigenvalue weighted by atomic mass is 10.0. The van der Waals surface area contributed by atoms with Crippen LogP contribution in [0.4, 0.5) is 4.39 Å². The van der Waals surface area contributed by atoms with Crippen LogP contribution in [0.1, 0.15) is 36.7 Å². The number of hydrogen-bond donors (Lipinski definition) is 1. The number of halogens is 1. The Balaban J connectivity index is 2.06. The highest BCUT2D eigenvalue weighted by molar-refractivity contribution is 5.96. The minimum atomic E-state index is -0.501. The number of hydrogen-bond acceptors (Lipinski definition) is 4. The Labute approximate surface area is 132 Å². The van der Waals surface area contributed by atoms with E-state index in [-0.39, 0.29) is 23.9 Å². The third-order valence-electron chi connectivity index (χ3n) is 3.71. The molecule has 23 heavy (non-hydrogen) atoms. The largest absolute Gasteiger partial charge is 0.461 e. The van der Waals surface area contributed by atoms with Crippen molar-refractivity contribution >= 4 is 22.7 Å². The minimum absolute atomic E-state index is 0.0546. The molecule has 2 aromatic rings. The second kappa shape index (κ2) is 6.24. The first-order valence-corrected chi connectivity index (χ1v) is 7.57. The third kappa shape index (κ3) is 3.11. The van der Waals surface area contributed by atoms with Crippen molar-refractivity contribution in [3.05, 3.63) is 47.5 Å². The molecule has 1 aliphatic rings. The molecule has 1 N–H and O–H groups in total. The summed E-state index contributed by atoms with van der Waals surface area (Å²) in [6, 6.07) is 5.85. The Morgan fingerprint density at radius 2 is 2.17 bits per heavy atom. The number of carbonyl (C=O) groups is 2. The maximum atomic E-state index is 13.4. The number of rotatable bonds is 4. The van der Waals surface area contributed by atoms with Gasteiger partial charge in [-0.1, -0.05) is 0 Å². The van der Waals surface area contributed by atoms with Crippen LogP contribution >= 0.6 is 0 Å². The lowest BCUT2D eigenvalue weighted by Gasteiger charge is -2.18. The molecule has 0 fully saturated rings. The van der Waals surface area contributed by atoms with E-state index in [1.54, 1.807) is 29.8 Å². The van der Waals surface area contributed by atoms with E-state index in [1.807, 2.05) is 0 Å². The fraction of sp³-hybridized carbons (Fsp3) is 0.294. The highest BCUT2D eigenvalue weighted by Gasteiger charge is 2.19. The fourth-order valence-electron chi connectivity index (χ4n) is 2.69. The summed E-state index contributed by atoms with van der Waals surface area (Å²) in [5, 5.41) is 0.586. The second-order valence-corrected chi connectivity index (χ2v) is 5.39. The summed E-state index contributed by atoms with van der Waals surface area (Å²) in [6.45, 7) is 1.97. The first-order chi connectivity index (χ1) is 11.1. The maximum Gasteiger partial charge on any atom is 0.356 e. The van der Waals surface area contributed by atoms with Crippen LogP contribution < -0.4 is 5.43 Å². The Morgan fingerprint density at radius 1 is 1.35 bits per heavy atom. The molecule has 0 spiro atoms. The molecule has 0 aliphatic heterocycles. The number of esters is 1. The zero-order valence-corrected chi connectivity index (χ0v) is 12.8. The van der Waals surface area contributed by atoms with Gasteiger partial charge in [0.1, 0.15) is 11.5 Å².